The van der Waals surface area contributed by atoms with Gasteiger partial charge in [0.05, 0.1) is 0 Å². The average Bonchev–Trinajstić information content (AvgIpc) is 2.36. The molecule has 0 saturated carbocycles. The van der Waals surface area contributed by atoms with Gasteiger partial charge in [0, 0.05) is 17.8 Å². The molecule has 1 rings (SSSR count). The Hall–Kier alpha value is -0.840. The van der Waals surface area contributed by atoms with Crippen LogP contribution in [-0.4, -0.2) is 16.4 Å². The van der Waals surface area contributed by atoms with Crippen molar-refractivity contribution in [3.8, 4) is 0 Å². The van der Waals surface area contributed by atoms with Crippen LogP contribution in [0.5, 0.6) is 0 Å². The zero-order chi connectivity index (χ0) is 8.97. The van der Waals surface area contributed by atoms with Crippen molar-refractivity contribution in [2.75, 3.05) is 10.6 Å². The Bertz CT molecular complexity index is 272. The SMILES string of the molecule is Cc1cc(NC(=O)CCBr)no1. The molecular formula is C7H9BrN2O2. The summed E-state index contributed by atoms with van der Waals surface area (Å²) in [7, 11) is 0. The van der Waals surface area contributed by atoms with Crippen molar-refractivity contribution in [2.24, 2.45) is 0 Å². The van der Waals surface area contributed by atoms with E-state index in [9.17, 15) is 4.79 Å². The van der Waals surface area contributed by atoms with Gasteiger partial charge in [-0.1, -0.05) is 21.1 Å². The van der Waals surface area contributed by atoms with E-state index < -0.39 is 0 Å². The lowest BCUT2D eigenvalue weighted by molar-refractivity contribution is -0.115. The van der Waals surface area contributed by atoms with Gasteiger partial charge in [-0.25, -0.2) is 0 Å². The second kappa shape index (κ2) is 4.25. The Kier molecular flexibility index (Phi) is 3.28. The molecule has 4 nitrogen and oxygen atoms in total. The summed E-state index contributed by atoms with van der Waals surface area (Å²) in [6.45, 7) is 1.77. The van der Waals surface area contributed by atoms with Gasteiger partial charge in [0.15, 0.2) is 5.82 Å². The molecule has 1 amide bonds. The number of aryl methyl sites for hydroxylation is 1. The summed E-state index contributed by atoms with van der Waals surface area (Å²) in [5.41, 5.74) is 0. The molecule has 1 heterocycles. The molecular weight excluding hydrogens is 224 g/mol. The van der Waals surface area contributed by atoms with E-state index in [1.165, 1.54) is 0 Å². The van der Waals surface area contributed by atoms with Gasteiger partial charge < -0.3 is 9.84 Å². The number of nitrogens with zero attached hydrogens (tertiary/aromatic N) is 1. The third-order valence-corrected chi connectivity index (χ3v) is 1.61. The number of hydrogen-bond acceptors (Lipinski definition) is 3. The molecule has 0 aliphatic rings. The quantitative estimate of drug-likeness (QED) is 0.808. The number of rotatable bonds is 3. The molecule has 0 fully saturated rings. The lowest BCUT2D eigenvalue weighted by Crippen LogP contribution is -2.11. The van der Waals surface area contributed by atoms with Crippen molar-refractivity contribution < 1.29 is 9.32 Å². The minimum atomic E-state index is -0.0693. The normalized spacial score (nSPS) is 9.83. The van der Waals surface area contributed by atoms with Gasteiger partial charge in [0.1, 0.15) is 5.76 Å². The summed E-state index contributed by atoms with van der Waals surface area (Å²) in [6, 6.07) is 1.67. The zero-order valence-corrected chi connectivity index (χ0v) is 8.22. The van der Waals surface area contributed by atoms with Crippen LogP contribution < -0.4 is 5.32 Å². The fourth-order valence-corrected chi connectivity index (χ4v) is 1.08. The fraction of sp³-hybridized carbons (Fsp3) is 0.429. The lowest BCUT2D eigenvalue weighted by Gasteiger charge is -1.96. The molecule has 0 unspecified atom stereocenters. The topological polar surface area (TPSA) is 55.1 Å². The number of carbonyl (C=O) groups is 1. The number of amides is 1. The summed E-state index contributed by atoms with van der Waals surface area (Å²) in [6.07, 6.45) is 0.436. The zero-order valence-electron chi connectivity index (χ0n) is 6.63. The molecule has 0 aliphatic carbocycles. The first-order chi connectivity index (χ1) is 5.72. The Morgan fingerprint density at radius 3 is 3.08 bits per heavy atom. The molecule has 0 bridgehead atoms. The monoisotopic (exact) mass is 232 g/mol. The van der Waals surface area contributed by atoms with Gasteiger partial charge in [0.2, 0.25) is 5.91 Å². The van der Waals surface area contributed by atoms with Crippen molar-refractivity contribution in [3.05, 3.63) is 11.8 Å². The predicted molar refractivity (Wildman–Crippen MR) is 48.3 cm³/mol. The van der Waals surface area contributed by atoms with Crippen LogP contribution in [0.15, 0.2) is 10.6 Å². The van der Waals surface area contributed by atoms with Gasteiger partial charge in [-0.15, -0.1) is 0 Å². The minimum absolute atomic E-state index is 0.0693. The number of anilines is 1. The van der Waals surface area contributed by atoms with Crippen LogP contribution in [0.4, 0.5) is 5.82 Å². The average molecular weight is 233 g/mol. The molecule has 0 aliphatic heterocycles. The highest BCUT2D eigenvalue weighted by Crippen LogP contribution is 2.07. The van der Waals surface area contributed by atoms with E-state index in [0.29, 0.717) is 23.3 Å². The Morgan fingerprint density at radius 1 is 1.83 bits per heavy atom. The van der Waals surface area contributed by atoms with Gasteiger partial charge in [-0.2, -0.15) is 0 Å². The highest BCUT2D eigenvalue weighted by molar-refractivity contribution is 9.09. The van der Waals surface area contributed by atoms with Crippen LogP contribution in [0.3, 0.4) is 0 Å². The lowest BCUT2D eigenvalue weighted by atomic mass is 10.4. The minimum Gasteiger partial charge on any atom is -0.360 e. The first kappa shape index (κ1) is 9.25. The molecule has 5 heteroatoms. The summed E-state index contributed by atoms with van der Waals surface area (Å²) in [5.74, 6) is 1.09. The number of alkyl halides is 1. The van der Waals surface area contributed by atoms with Crippen LogP contribution in [-0.2, 0) is 4.79 Å². The fourth-order valence-electron chi connectivity index (χ4n) is 0.716. The standard InChI is InChI=1S/C7H9BrN2O2/c1-5-4-6(10-12-5)9-7(11)2-3-8/h4H,2-3H2,1H3,(H,9,10,11). The molecule has 0 saturated heterocycles. The molecule has 0 atom stereocenters. The van der Waals surface area contributed by atoms with Crippen molar-refractivity contribution in [2.45, 2.75) is 13.3 Å². The highest BCUT2D eigenvalue weighted by atomic mass is 79.9. The number of halogens is 1. The molecule has 1 N–H and O–H groups in total. The second-order valence-electron chi connectivity index (χ2n) is 2.31. The molecule has 0 spiro atoms. The number of carbonyl (C=O) groups excluding carboxylic acids is 1. The van der Waals surface area contributed by atoms with Crippen molar-refractivity contribution in [1.82, 2.24) is 5.16 Å². The maximum atomic E-state index is 11.0. The highest BCUT2D eigenvalue weighted by Gasteiger charge is 2.04. The molecule has 66 valence electrons. The maximum absolute atomic E-state index is 11.0. The molecule has 0 radical (unpaired) electrons. The van der Waals surface area contributed by atoms with Crippen LogP contribution in [0.25, 0.3) is 0 Å². The van der Waals surface area contributed by atoms with E-state index in [2.05, 4.69) is 26.4 Å². The summed E-state index contributed by atoms with van der Waals surface area (Å²) < 4.78 is 4.77. The van der Waals surface area contributed by atoms with Crippen molar-refractivity contribution in [3.63, 3.8) is 0 Å². The third kappa shape index (κ3) is 2.65. The number of hydrogen-bond donors (Lipinski definition) is 1. The van der Waals surface area contributed by atoms with Crippen LogP contribution in [0.2, 0.25) is 0 Å². The Labute approximate surface area is 78.4 Å². The first-order valence-corrected chi connectivity index (χ1v) is 4.63. The van der Waals surface area contributed by atoms with Crippen molar-refractivity contribution >= 4 is 27.7 Å². The molecule has 0 aromatic carbocycles. The van der Waals surface area contributed by atoms with Crippen LogP contribution in [0, 0.1) is 6.92 Å². The smallest absolute Gasteiger partial charge is 0.226 e. The van der Waals surface area contributed by atoms with Crippen molar-refractivity contribution in [1.29, 1.82) is 0 Å². The van der Waals surface area contributed by atoms with E-state index in [-0.39, 0.29) is 5.91 Å². The molecule has 12 heavy (non-hydrogen) atoms. The largest absolute Gasteiger partial charge is 0.360 e. The number of nitrogens with one attached hydrogen (secondary N) is 1. The van der Waals surface area contributed by atoms with E-state index >= 15 is 0 Å². The van der Waals surface area contributed by atoms with Crippen LogP contribution in [0.1, 0.15) is 12.2 Å². The molecule has 1 aromatic heterocycles. The summed E-state index contributed by atoms with van der Waals surface area (Å²) in [5, 5.41) is 6.85. The van der Waals surface area contributed by atoms with E-state index in [4.69, 9.17) is 4.52 Å². The summed E-state index contributed by atoms with van der Waals surface area (Å²) in [4.78, 5) is 11.0. The van der Waals surface area contributed by atoms with Gasteiger partial charge in [-0.05, 0) is 6.92 Å². The van der Waals surface area contributed by atoms with E-state index in [1.54, 1.807) is 13.0 Å². The second-order valence-corrected chi connectivity index (χ2v) is 3.10. The predicted octanol–water partition coefficient (Wildman–Crippen LogP) is 1.71. The Morgan fingerprint density at radius 2 is 2.58 bits per heavy atom. The number of aromatic nitrogens is 1. The van der Waals surface area contributed by atoms with Gasteiger partial charge in [0.25, 0.3) is 0 Å². The van der Waals surface area contributed by atoms with E-state index in [1.807, 2.05) is 0 Å². The molecule has 1 aromatic rings. The summed E-state index contributed by atoms with van der Waals surface area (Å²) >= 11 is 3.16. The van der Waals surface area contributed by atoms with Gasteiger partial charge in [-0.3, -0.25) is 4.79 Å². The third-order valence-electron chi connectivity index (χ3n) is 1.22. The Balaban J connectivity index is 2.46. The maximum Gasteiger partial charge on any atom is 0.226 e. The van der Waals surface area contributed by atoms with Crippen LogP contribution >= 0.6 is 15.9 Å². The van der Waals surface area contributed by atoms with Gasteiger partial charge >= 0.3 is 0 Å². The van der Waals surface area contributed by atoms with E-state index in [0.717, 1.165) is 0 Å². The first-order valence-electron chi connectivity index (χ1n) is 3.51.